The molecule has 1 aromatic rings. The fourth-order valence-electron chi connectivity index (χ4n) is 2.44. The Morgan fingerprint density at radius 2 is 2.22 bits per heavy atom. The lowest BCUT2D eigenvalue weighted by Crippen LogP contribution is -2.45. The zero-order chi connectivity index (χ0) is 17.1. The fourth-order valence-corrected chi connectivity index (χ4v) is 4.59. The summed E-state index contributed by atoms with van der Waals surface area (Å²) in [5.41, 5.74) is -0.523. The Hall–Kier alpha value is -1.12. The molecule has 0 aromatic carbocycles. The van der Waals surface area contributed by atoms with E-state index in [2.05, 4.69) is 4.72 Å². The van der Waals surface area contributed by atoms with Gasteiger partial charge in [0.2, 0.25) is 10.0 Å². The second-order valence-corrected chi connectivity index (χ2v) is 9.66. The van der Waals surface area contributed by atoms with E-state index in [1.54, 1.807) is 22.4 Å². The molecule has 1 atom stereocenters. The second kappa shape index (κ2) is 7.19. The SMILES string of the molecule is CC(C)(C)OC(=O)N1CCC[C@@H](CNS(=O)(=O)c2cccs2)C1. The maximum Gasteiger partial charge on any atom is 0.410 e. The molecule has 2 rings (SSSR count). The largest absolute Gasteiger partial charge is 0.444 e. The van der Waals surface area contributed by atoms with Gasteiger partial charge in [0.15, 0.2) is 0 Å². The van der Waals surface area contributed by atoms with Gasteiger partial charge in [-0.25, -0.2) is 17.9 Å². The van der Waals surface area contributed by atoms with Gasteiger partial charge in [0.1, 0.15) is 9.81 Å². The van der Waals surface area contributed by atoms with Crippen LogP contribution in [0.25, 0.3) is 0 Å². The molecular weight excluding hydrogens is 336 g/mol. The number of rotatable bonds is 4. The van der Waals surface area contributed by atoms with Crippen LogP contribution in [0.3, 0.4) is 0 Å². The third-order valence-electron chi connectivity index (χ3n) is 3.49. The average Bonchev–Trinajstić information content (AvgIpc) is 2.99. The first kappa shape index (κ1) is 18.2. The van der Waals surface area contributed by atoms with Gasteiger partial charge in [-0.1, -0.05) is 6.07 Å². The van der Waals surface area contributed by atoms with Gasteiger partial charge in [0.05, 0.1) is 0 Å². The van der Waals surface area contributed by atoms with Gasteiger partial charge in [-0.15, -0.1) is 11.3 Å². The van der Waals surface area contributed by atoms with E-state index in [-0.39, 0.29) is 12.0 Å². The highest BCUT2D eigenvalue weighted by Gasteiger charge is 2.28. The van der Waals surface area contributed by atoms with Crippen molar-refractivity contribution < 1.29 is 17.9 Å². The number of ether oxygens (including phenoxy) is 1. The molecular formula is C15H24N2O4S2. The van der Waals surface area contributed by atoms with E-state index < -0.39 is 15.6 Å². The lowest BCUT2D eigenvalue weighted by Gasteiger charge is -2.34. The first-order valence-electron chi connectivity index (χ1n) is 7.68. The summed E-state index contributed by atoms with van der Waals surface area (Å²) < 4.78 is 32.6. The predicted molar refractivity (Wildman–Crippen MR) is 90.0 cm³/mol. The standard InChI is InChI=1S/C15H24N2O4S2/c1-15(2,3)21-14(18)17-8-4-6-12(11-17)10-16-23(19,20)13-7-5-9-22-13/h5,7,9,12,16H,4,6,8,10-11H2,1-3H3/t12-/m0/s1. The molecule has 6 nitrogen and oxygen atoms in total. The maximum atomic E-state index is 12.1. The lowest BCUT2D eigenvalue weighted by atomic mass is 9.99. The van der Waals surface area contributed by atoms with Crippen LogP contribution in [0.5, 0.6) is 0 Å². The summed E-state index contributed by atoms with van der Waals surface area (Å²) >= 11 is 1.19. The Morgan fingerprint density at radius 1 is 1.48 bits per heavy atom. The Balaban J connectivity index is 1.88. The lowest BCUT2D eigenvalue weighted by molar-refractivity contribution is 0.0169. The van der Waals surface area contributed by atoms with Gasteiger partial charge in [-0.2, -0.15) is 0 Å². The van der Waals surface area contributed by atoms with Crippen molar-refractivity contribution >= 4 is 27.5 Å². The summed E-state index contributed by atoms with van der Waals surface area (Å²) in [6.07, 6.45) is 1.42. The number of nitrogens with zero attached hydrogens (tertiary/aromatic N) is 1. The molecule has 0 saturated carbocycles. The molecule has 0 bridgehead atoms. The van der Waals surface area contributed by atoms with Crippen LogP contribution in [0.2, 0.25) is 0 Å². The van der Waals surface area contributed by atoms with Crippen LogP contribution < -0.4 is 4.72 Å². The minimum absolute atomic E-state index is 0.103. The molecule has 23 heavy (non-hydrogen) atoms. The molecule has 130 valence electrons. The van der Waals surface area contributed by atoms with Crippen LogP contribution in [0.15, 0.2) is 21.7 Å². The highest BCUT2D eigenvalue weighted by atomic mass is 32.2. The van der Waals surface area contributed by atoms with Crippen molar-refractivity contribution in [1.29, 1.82) is 0 Å². The van der Waals surface area contributed by atoms with E-state index in [1.807, 2.05) is 20.8 Å². The molecule has 1 fully saturated rings. The minimum Gasteiger partial charge on any atom is -0.444 e. The zero-order valence-electron chi connectivity index (χ0n) is 13.7. The monoisotopic (exact) mass is 360 g/mol. The van der Waals surface area contributed by atoms with Crippen LogP contribution in [-0.2, 0) is 14.8 Å². The maximum absolute atomic E-state index is 12.1. The molecule has 0 unspecified atom stereocenters. The number of likely N-dealkylation sites (tertiary alicyclic amines) is 1. The molecule has 1 aliphatic rings. The molecule has 0 radical (unpaired) electrons. The Bertz CT molecular complexity index is 620. The third-order valence-corrected chi connectivity index (χ3v) is 6.31. The summed E-state index contributed by atoms with van der Waals surface area (Å²) in [6, 6.07) is 3.30. The number of hydrogen-bond donors (Lipinski definition) is 1. The molecule has 2 heterocycles. The zero-order valence-corrected chi connectivity index (χ0v) is 15.4. The number of piperidine rings is 1. The van der Waals surface area contributed by atoms with E-state index in [4.69, 9.17) is 4.74 Å². The molecule has 8 heteroatoms. The van der Waals surface area contributed by atoms with Crippen molar-refractivity contribution in [1.82, 2.24) is 9.62 Å². The van der Waals surface area contributed by atoms with E-state index in [1.165, 1.54) is 11.3 Å². The number of sulfonamides is 1. The molecule has 1 aromatic heterocycles. The quantitative estimate of drug-likeness (QED) is 0.896. The smallest absolute Gasteiger partial charge is 0.410 e. The number of amides is 1. The number of nitrogens with one attached hydrogen (secondary N) is 1. The number of hydrogen-bond acceptors (Lipinski definition) is 5. The Labute approximate surface area is 141 Å². The molecule has 0 aliphatic carbocycles. The van der Waals surface area contributed by atoms with Crippen LogP contribution >= 0.6 is 11.3 Å². The van der Waals surface area contributed by atoms with Gasteiger partial charge in [0, 0.05) is 19.6 Å². The van der Waals surface area contributed by atoms with Crippen molar-refractivity contribution in [2.75, 3.05) is 19.6 Å². The first-order chi connectivity index (χ1) is 10.7. The van der Waals surface area contributed by atoms with Crippen molar-refractivity contribution in [3.05, 3.63) is 17.5 Å². The molecule has 1 N–H and O–H groups in total. The fraction of sp³-hybridized carbons (Fsp3) is 0.667. The Kier molecular flexibility index (Phi) is 5.70. The van der Waals surface area contributed by atoms with Gasteiger partial charge in [-0.3, -0.25) is 0 Å². The predicted octanol–water partition coefficient (Wildman–Crippen LogP) is 2.67. The van der Waals surface area contributed by atoms with E-state index in [0.29, 0.717) is 23.8 Å². The van der Waals surface area contributed by atoms with Crippen molar-refractivity contribution in [2.24, 2.45) is 5.92 Å². The summed E-state index contributed by atoms with van der Waals surface area (Å²) in [5.74, 6) is 0.103. The number of thiophene rings is 1. The van der Waals surface area contributed by atoms with Gasteiger partial charge < -0.3 is 9.64 Å². The van der Waals surface area contributed by atoms with Gasteiger partial charge in [-0.05, 0) is 51.0 Å². The molecule has 1 saturated heterocycles. The number of carbonyl (C=O) groups is 1. The van der Waals surface area contributed by atoms with E-state index in [0.717, 1.165) is 12.8 Å². The third kappa shape index (κ3) is 5.47. The topological polar surface area (TPSA) is 75.7 Å². The Morgan fingerprint density at radius 3 is 2.83 bits per heavy atom. The highest BCUT2D eigenvalue weighted by molar-refractivity contribution is 7.91. The summed E-state index contributed by atoms with van der Waals surface area (Å²) in [5, 5.41) is 1.74. The van der Waals surface area contributed by atoms with Crippen molar-refractivity contribution in [3.8, 4) is 0 Å². The summed E-state index contributed by atoms with van der Waals surface area (Å²) in [7, 11) is -3.45. The summed E-state index contributed by atoms with van der Waals surface area (Å²) in [6.45, 7) is 7.01. The van der Waals surface area contributed by atoms with Crippen LogP contribution in [0, 0.1) is 5.92 Å². The van der Waals surface area contributed by atoms with E-state index >= 15 is 0 Å². The van der Waals surface area contributed by atoms with Gasteiger partial charge >= 0.3 is 6.09 Å². The minimum atomic E-state index is -3.45. The second-order valence-electron chi connectivity index (χ2n) is 6.72. The number of carbonyl (C=O) groups excluding carboxylic acids is 1. The van der Waals surface area contributed by atoms with E-state index in [9.17, 15) is 13.2 Å². The normalized spacial score (nSPS) is 19.6. The van der Waals surface area contributed by atoms with Crippen molar-refractivity contribution in [3.63, 3.8) is 0 Å². The van der Waals surface area contributed by atoms with Gasteiger partial charge in [0.25, 0.3) is 0 Å². The van der Waals surface area contributed by atoms with Crippen LogP contribution in [0.1, 0.15) is 33.6 Å². The molecule has 1 aliphatic heterocycles. The average molecular weight is 361 g/mol. The van der Waals surface area contributed by atoms with Crippen LogP contribution in [-0.4, -0.2) is 44.6 Å². The first-order valence-corrected chi connectivity index (χ1v) is 10.0. The summed E-state index contributed by atoms with van der Waals surface area (Å²) in [4.78, 5) is 13.8. The van der Waals surface area contributed by atoms with Crippen molar-refractivity contribution in [2.45, 2.75) is 43.4 Å². The van der Waals surface area contributed by atoms with Crippen LogP contribution in [0.4, 0.5) is 4.79 Å². The molecule has 1 amide bonds. The molecule has 0 spiro atoms. The highest BCUT2D eigenvalue weighted by Crippen LogP contribution is 2.20.